The third-order valence-electron chi connectivity index (χ3n) is 4.11. The molecule has 4 rings (SSSR count). The third-order valence-corrected chi connectivity index (χ3v) is 4.11. The molecule has 5 nitrogen and oxygen atoms in total. The highest BCUT2D eigenvalue weighted by molar-refractivity contribution is 5.93. The van der Waals surface area contributed by atoms with Crippen LogP contribution < -0.4 is 4.74 Å². The van der Waals surface area contributed by atoms with Crippen LogP contribution in [0.15, 0.2) is 61.2 Å². The molecule has 1 aromatic carbocycles. The summed E-state index contributed by atoms with van der Waals surface area (Å²) in [5.74, 6) is 0.757. The van der Waals surface area contributed by atoms with Crippen LogP contribution in [0.5, 0.6) is 5.75 Å². The molecule has 0 saturated carbocycles. The van der Waals surface area contributed by atoms with Crippen LogP contribution in [0, 0.1) is 6.92 Å². The molecule has 0 fully saturated rings. The van der Waals surface area contributed by atoms with E-state index in [0.29, 0.717) is 0 Å². The molecule has 0 unspecified atom stereocenters. The van der Waals surface area contributed by atoms with E-state index in [2.05, 4.69) is 22.0 Å². The minimum absolute atomic E-state index is 0.757. The van der Waals surface area contributed by atoms with Crippen LogP contribution in [0.1, 0.15) is 5.56 Å². The zero-order chi connectivity index (χ0) is 16.5. The number of hydrogen-bond donors (Lipinski definition) is 0. The fourth-order valence-electron chi connectivity index (χ4n) is 2.89. The number of benzene rings is 1. The van der Waals surface area contributed by atoms with Gasteiger partial charge in [-0.05, 0) is 42.3 Å². The summed E-state index contributed by atoms with van der Waals surface area (Å²) >= 11 is 0. The van der Waals surface area contributed by atoms with Crippen molar-refractivity contribution in [3.63, 3.8) is 0 Å². The molecule has 0 spiro atoms. The van der Waals surface area contributed by atoms with E-state index in [9.17, 15) is 0 Å². The molecule has 5 heteroatoms. The Morgan fingerprint density at radius 1 is 0.958 bits per heavy atom. The van der Waals surface area contributed by atoms with Gasteiger partial charge < -0.3 is 4.74 Å². The molecule has 4 aromatic rings. The molecule has 0 amide bonds. The third kappa shape index (κ3) is 2.22. The Morgan fingerprint density at radius 2 is 1.83 bits per heavy atom. The maximum atomic E-state index is 5.45. The Kier molecular flexibility index (Phi) is 3.46. The number of ether oxygens (including phenoxy) is 1. The molecular weight excluding hydrogens is 300 g/mol. The molecule has 0 radical (unpaired) electrons. The topological polar surface area (TPSA) is 52.8 Å². The van der Waals surface area contributed by atoms with Crippen LogP contribution in [0.3, 0.4) is 0 Å². The van der Waals surface area contributed by atoms with Gasteiger partial charge in [-0.25, -0.2) is 9.67 Å². The number of aromatic nitrogens is 4. The number of hydrogen-bond acceptors (Lipinski definition) is 4. The summed E-state index contributed by atoms with van der Waals surface area (Å²) in [4.78, 5) is 8.79. The quantitative estimate of drug-likeness (QED) is 0.577. The first-order chi connectivity index (χ1) is 11.8. The molecule has 3 heterocycles. The van der Waals surface area contributed by atoms with Crippen LogP contribution >= 0.6 is 0 Å². The predicted octanol–water partition coefficient (Wildman–Crippen LogP) is 3.80. The number of methoxy groups -OCH3 is 1. The van der Waals surface area contributed by atoms with Gasteiger partial charge in [0.25, 0.3) is 0 Å². The van der Waals surface area contributed by atoms with E-state index < -0.39 is 0 Å². The molecule has 0 atom stereocenters. The molecule has 0 saturated heterocycles. The standard InChI is InChI=1S/C19H16N4O/c1-13-7-9-20-11-15(13)14-8-10-21-19-16(14)12-22-23(19)17-5-3-4-6-18(17)24-2/h3-12H,1-2H3. The monoisotopic (exact) mass is 316 g/mol. The summed E-state index contributed by atoms with van der Waals surface area (Å²) in [6.07, 6.45) is 7.33. The average Bonchev–Trinajstić information content (AvgIpc) is 3.06. The first-order valence-electron chi connectivity index (χ1n) is 7.66. The smallest absolute Gasteiger partial charge is 0.163 e. The van der Waals surface area contributed by atoms with Gasteiger partial charge in [0, 0.05) is 29.5 Å². The lowest BCUT2D eigenvalue weighted by atomic mass is 10.0. The summed E-state index contributed by atoms with van der Waals surface area (Å²) in [7, 11) is 1.66. The van der Waals surface area contributed by atoms with E-state index in [4.69, 9.17) is 4.74 Å². The summed E-state index contributed by atoms with van der Waals surface area (Å²) in [5.41, 5.74) is 4.99. The molecule has 0 bridgehead atoms. The van der Waals surface area contributed by atoms with Gasteiger partial charge in [-0.3, -0.25) is 4.98 Å². The van der Waals surface area contributed by atoms with Crippen LogP contribution in [-0.2, 0) is 0 Å². The van der Waals surface area contributed by atoms with Crippen LogP contribution in [-0.4, -0.2) is 26.9 Å². The molecular formula is C19H16N4O. The minimum atomic E-state index is 0.757. The average molecular weight is 316 g/mol. The van der Waals surface area contributed by atoms with Gasteiger partial charge >= 0.3 is 0 Å². The Balaban J connectivity index is 1.97. The van der Waals surface area contributed by atoms with Crippen molar-refractivity contribution >= 4 is 11.0 Å². The fourth-order valence-corrected chi connectivity index (χ4v) is 2.89. The molecule has 0 aliphatic rings. The number of fused-ring (bicyclic) bond motifs is 1. The second kappa shape index (κ2) is 5.77. The van der Waals surface area contributed by atoms with Crippen molar-refractivity contribution in [2.24, 2.45) is 0 Å². The zero-order valence-corrected chi connectivity index (χ0v) is 13.5. The Morgan fingerprint density at radius 3 is 2.67 bits per heavy atom. The maximum absolute atomic E-state index is 5.45. The van der Waals surface area contributed by atoms with E-state index in [1.54, 1.807) is 19.5 Å². The first kappa shape index (κ1) is 14.4. The van der Waals surface area contributed by atoms with E-state index >= 15 is 0 Å². The van der Waals surface area contributed by atoms with Crippen molar-refractivity contribution in [1.29, 1.82) is 0 Å². The molecule has 0 N–H and O–H groups in total. The van der Waals surface area contributed by atoms with Crippen molar-refractivity contribution in [3.8, 4) is 22.6 Å². The summed E-state index contributed by atoms with van der Waals surface area (Å²) in [6, 6.07) is 11.8. The SMILES string of the molecule is COc1ccccc1-n1ncc2c(-c3cnccc3C)ccnc21. The second-order valence-electron chi connectivity index (χ2n) is 5.51. The molecule has 3 aromatic heterocycles. The fraction of sp³-hybridized carbons (Fsp3) is 0.105. The zero-order valence-electron chi connectivity index (χ0n) is 13.5. The van der Waals surface area contributed by atoms with Crippen molar-refractivity contribution < 1.29 is 4.74 Å². The largest absolute Gasteiger partial charge is 0.494 e. The number of para-hydroxylation sites is 2. The lowest BCUT2D eigenvalue weighted by Gasteiger charge is -2.09. The number of aryl methyl sites for hydroxylation is 1. The lowest BCUT2D eigenvalue weighted by Crippen LogP contribution is -2.00. The molecule has 0 aliphatic carbocycles. The number of rotatable bonds is 3. The van der Waals surface area contributed by atoms with Gasteiger partial charge in [-0.2, -0.15) is 5.10 Å². The minimum Gasteiger partial charge on any atom is -0.494 e. The van der Waals surface area contributed by atoms with Crippen LogP contribution in [0.4, 0.5) is 0 Å². The summed E-state index contributed by atoms with van der Waals surface area (Å²) < 4.78 is 7.26. The Bertz CT molecular complexity index is 1020. The summed E-state index contributed by atoms with van der Waals surface area (Å²) in [6.45, 7) is 2.08. The lowest BCUT2D eigenvalue weighted by molar-refractivity contribution is 0.412. The number of nitrogens with zero attached hydrogens (tertiary/aromatic N) is 4. The second-order valence-corrected chi connectivity index (χ2v) is 5.51. The summed E-state index contributed by atoms with van der Waals surface area (Å²) in [5, 5.41) is 5.53. The van der Waals surface area contributed by atoms with Crippen molar-refractivity contribution in [2.75, 3.05) is 7.11 Å². The predicted molar refractivity (Wildman–Crippen MR) is 93.4 cm³/mol. The van der Waals surface area contributed by atoms with Gasteiger partial charge in [0.05, 0.1) is 13.3 Å². The van der Waals surface area contributed by atoms with Crippen LogP contribution in [0.25, 0.3) is 27.8 Å². The highest BCUT2D eigenvalue weighted by atomic mass is 16.5. The molecule has 24 heavy (non-hydrogen) atoms. The van der Waals surface area contributed by atoms with Crippen molar-refractivity contribution in [2.45, 2.75) is 6.92 Å². The first-order valence-corrected chi connectivity index (χ1v) is 7.66. The Labute approximate surface area is 139 Å². The molecule has 118 valence electrons. The van der Waals surface area contributed by atoms with Gasteiger partial charge in [0.1, 0.15) is 11.4 Å². The van der Waals surface area contributed by atoms with Gasteiger partial charge in [-0.15, -0.1) is 0 Å². The van der Waals surface area contributed by atoms with Crippen molar-refractivity contribution in [1.82, 2.24) is 19.7 Å². The highest BCUT2D eigenvalue weighted by Gasteiger charge is 2.14. The van der Waals surface area contributed by atoms with Gasteiger partial charge in [0.2, 0.25) is 0 Å². The van der Waals surface area contributed by atoms with E-state index in [0.717, 1.165) is 33.6 Å². The van der Waals surface area contributed by atoms with E-state index in [-0.39, 0.29) is 0 Å². The van der Waals surface area contributed by atoms with Gasteiger partial charge in [-0.1, -0.05) is 12.1 Å². The van der Waals surface area contributed by atoms with E-state index in [1.165, 1.54) is 5.56 Å². The van der Waals surface area contributed by atoms with E-state index in [1.807, 2.05) is 53.5 Å². The van der Waals surface area contributed by atoms with Crippen molar-refractivity contribution in [3.05, 3.63) is 66.7 Å². The van der Waals surface area contributed by atoms with Gasteiger partial charge in [0.15, 0.2) is 5.65 Å². The highest BCUT2D eigenvalue weighted by Crippen LogP contribution is 2.31. The number of pyridine rings is 2. The normalized spacial score (nSPS) is 10.9. The molecule has 0 aliphatic heterocycles. The van der Waals surface area contributed by atoms with Crippen LogP contribution in [0.2, 0.25) is 0 Å². The Hall–Kier alpha value is -3.21. The maximum Gasteiger partial charge on any atom is 0.163 e.